The molecular formula is C13H15N3O5. The van der Waals surface area contributed by atoms with Crippen molar-refractivity contribution in [2.75, 3.05) is 6.61 Å². The summed E-state index contributed by atoms with van der Waals surface area (Å²) >= 11 is 0. The molecular weight excluding hydrogens is 278 g/mol. The van der Waals surface area contributed by atoms with E-state index < -0.39 is 24.1 Å². The van der Waals surface area contributed by atoms with Crippen LogP contribution < -0.4 is 0 Å². The number of hydrogen-bond donors (Lipinski definition) is 2. The molecule has 2 N–H and O–H groups in total. The third-order valence-electron chi connectivity index (χ3n) is 3.14. The Bertz CT molecular complexity index is 570. The number of nitrogens with zero attached hydrogens (tertiary/aromatic N) is 3. The molecule has 0 amide bonds. The highest BCUT2D eigenvalue weighted by Gasteiger charge is 2.46. The van der Waals surface area contributed by atoms with E-state index in [1.165, 1.54) is 0 Å². The van der Waals surface area contributed by atoms with Crippen LogP contribution in [0.3, 0.4) is 0 Å². The normalized spacial score (nSPS) is 28.0. The molecule has 8 nitrogen and oxygen atoms in total. The second-order valence-electron chi connectivity index (χ2n) is 4.80. The summed E-state index contributed by atoms with van der Waals surface area (Å²) in [7, 11) is 0. The van der Waals surface area contributed by atoms with Crippen molar-refractivity contribution in [3.8, 4) is 0 Å². The second kappa shape index (κ2) is 6.11. The minimum atomic E-state index is -2.31. The zero-order valence-corrected chi connectivity index (χ0v) is 11.3. The number of esters is 1. The first-order valence-corrected chi connectivity index (χ1v) is 6.33. The summed E-state index contributed by atoms with van der Waals surface area (Å²) in [5.41, 5.74) is 9.72. The van der Waals surface area contributed by atoms with Gasteiger partial charge in [-0.2, -0.15) is 0 Å². The molecule has 1 aliphatic rings. The van der Waals surface area contributed by atoms with E-state index in [-0.39, 0.29) is 13.0 Å². The number of ether oxygens (including phenoxy) is 2. The molecule has 0 radical (unpaired) electrons. The smallest absolute Gasteiger partial charge is 0.338 e. The molecule has 1 fully saturated rings. The highest BCUT2D eigenvalue weighted by Crippen LogP contribution is 2.30. The quantitative estimate of drug-likeness (QED) is 0.374. The van der Waals surface area contributed by atoms with Gasteiger partial charge in [-0.25, -0.2) is 4.79 Å². The summed E-state index contributed by atoms with van der Waals surface area (Å²) in [6, 6.07) is 6.84. The highest BCUT2D eigenvalue weighted by molar-refractivity contribution is 5.89. The van der Waals surface area contributed by atoms with Crippen molar-refractivity contribution in [1.82, 2.24) is 0 Å². The number of hydrogen-bond acceptors (Lipinski definition) is 6. The molecule has 0 spiro atoms. The third-order valence-corrected chi connectivity index (χ3v) is 3.14. The number of benzene rings is 1. The monoisotopic (exact) mass is 293 g/mol. The number of aliphatic hydroxyl groups is 2. The lowest BCUT2D eigenvalue weighted by Gasteiger charge is -2.19. The van der Waals surface area contributed by atoms with E-state index >= 15 is 0 Å². The van der Waals surface area contributed by atoms with Gasteiger partial charge in [0.2, 0.25) is 0 Å². The van der Waals surface area contributed by atoms with Crippen LogP contribution in [0, 0.1) is 6.92 Å². The molecule has 0 aliphatic carbocycles. The van der Waals surface area contributed by atoms with Gasteiger partial charge in [0.1, 0.15) is 12.7 Å². The molecule has 1 saturated heterocycles. The van der Waals surface area contributed by atoms with E-state index in [0.717, 1.165) is 5.56 Å². The van der Waals surface area contributed by atoms with Crippen molar-refractivity contribution in [1.29, 1.82) is 0 Å². The summed E-state index contributed by atoms with van der Waals surface area (Å²) < 4.78 is 10.1. The van der Waals surface area contributed by atoms with Gasteiger partial charge in [0.15, 0.2) is 0 Å². The van der Waals surface area contributed by atoms with Gasteiger partial charge < -0.3 is 19.7 Å². The van der Waals surface area contributed by atoms with Crippen LogP contribution in [-0.2, 0) is 9.47 Å². The lowest BCUT2D eigenvalue weighted by atomic mass is 10.1. The predicted molar refractivity (Wildman–Crippen MR) is 71.1 cm³/mol. The highest BCUT2D eigenvalue weighted by atomic mass is 16.7. The van der Waals surface area contributed by atoms with Gasteiger partial charge >= 0.3 is 5.97 Å². The summed E-state index contributed by atoms with van der Waals surface area (Å²) in [5.74, 6) is -2.84. The van der Waals surface area contributed by atoms with E-state index in [2.05, 4.69) is 10.0 Å². The van der Waals surface area contributed by atoms with Gasteiger partial charge in [0.25, 0.3) is 5.91 Å². The van der Waals surface area contributed by atoms with E-state index in [1.807, 2.05) is 6.92 Å². The van der Waals surface area contributed by atoms with Gasteiger partial charge in [-0.1, -0.05) is 17.7 Å². The van der Waals surface area contributed by atoms with Crippen LogP contribution in [0.1, 0.15) is 22.3 Å². The predicted octanol–water partition coefficient (Wildman–Crippen LogP) is 1.26. The van der Waals surface area contributed by atoms with Crippen LogP contribution in [0.2, 0.25) is 0 Å². The molecule has 8 heteroatoms. The number of aliphatic hydroxyl groups excluding tert-OH is 1. The van der Waals surface area contributed by atoms with Crippen molar-refractivity contribution < 1.29 is 24.5 Å². The third kappa shape index (κ3) is 3.50. The molecule has 21 heavy (non-hydrogen) atoms. The Balaban J connectivity index is 1.91. The summed E-state index contributed by atoms with van der Waals surface area (Å²) in [4.78, 5) is 14.2. The van der Waals surface area contributed by atoms with E-state index in [4.69, 9.17) is 15.0 Å². The van der Waals surface area contributed by atoms with Gasteiger partial charge in [0, 0.05) is 11.3 Å². The molecule has 1 aliphatic heterocycles. The summed E-state index contributed by atoms with van der Waals surface area (Å²) in [5, 5.41) is 22.3. The fraction of sp³-hybridized carbons (Fsp3) is 0.462. The van der Waals surface area contributed by atoms with Crippen LogP contribution >= 0.6 is 0 Å². The van der Waals surface area contributed by atoms with Crippen LogP contribution in [0.25, 0.3) is 10.4 Å². The zero-order chi connectivity index (χ0) is 15.5. The number of rotatable bonds is 4. The minimum Gasteiger partial charge on any atom is -0.459 e. The maximum Gasteiger partial charge on any atom is 0.338 e. The van der Waals surface area contributed by atoms with Crippen LogP contribution in [0.15, 0.2) is 29.4 Å². The van der Waals surface area contributed by atoms with Gasteiger partial charge in [-0.3, -0.25) is 0 Å². The maximum absolute atomic E-state index is 11.8. The average molecular weight is 293 g/mol. The van der Waals surface area contributed by atoms with Crippen LogP contribution in [0.4, 0.5) is 0 Å². The summed E-state index contributed by atoms with van der Waals surface area (Å²) in [6.07, 6.45) is -2.11. The van der Waals surface area contributed by atoms with Crippen molar-refractivity contribution in [2.24, 2.45) is 5.11 Å². The van der Waals surface area contributed by atoms with Crippen molar-refractivity contribution in [3.05, 3.63) is 45.8 Å². The van der Waals surface area contributed by atoms with E-state index in [0.29, 0.717) is 5.56 Å². The Morgan fingerprint density at radius 1 is 1.57 bits per heavy atom. The van der Waals surface area contributed by atoms with E-state index in [9.17, 15) is 15.0 Å². The molecule has 1 aromatic rings. The molecule has 1 aromatic carbocycles. The van der Waals surface area contributed by atoms with Crippen molar-refractivity contribution in [3.63, 3.8) is 0 Å². The zero-order valence-electron chi connectivity index (χ0n) is 11.3. The lowest BCUT2D eigenvalue weighted by molar-refractivity contribution is -0.225. The van der Waals surface area contributed by atoms with Gasteiger partial charge in [-0.15, -0.1) is 0 Å². The number of carbonyl (C=O) groups is 1. The topological polar surface area (TPSA) is 125 Å². The van der Waals surface area contributed by atoms with Crippen molar-refractivity contribution >= 4 is 5.97 Å². The largest absolute Gasteiger partial charge is 0.459 e. The molecule has 3 atom stereocenters. The average Bonchev–Trinajstić information content (AvgIpc) is 2.72. The number of aryl methyl sites for hydroxylation is 1. The molecule has 1 heterocycles. The van der Waals surface area contributed by atoms with E-state index in [1.54, 1.807) is 24.3 Å². The fourth-order valence-corrected chi connectivity index (χ4v) is 1.97. The first-order valence-electron chi connectivity index (χ1n) is 6.33. The Morgan fingerprint density at radius 2 is 2.24 bits per heavy atom. The summed E-state index contributed by atoms with van der Waals surface area (Å²) in [6.45, 7) is 1.74. The Hall–Kier alpha value is -2.12. The second-order valence-corrected chi connectivity index (χ2v) is 4.80. The van der Waals surface area contributed by atoms with Gasteiger partial charge in [0.05, 0.1) is 11.7 Å². The first-order chi connectivity index (χ1) is 9.94. The molecule has 0 aromatic heterocycles. The van der Waals surface area contributed by atoms with Crippen molar-refractivity contribution in [2.45, 2.75) is 31.5 Å². The Kier molecular flexibility index (Phi) is 4.44. The number of azide groups is 1. The van der Waals surface area contributed by atoms with Gasteiger partial charge in [-0.05, 0) is 29.7 Å². The standard InChI is InChI=1S/C13H15N3O5/c1-8-2-4-9(5-3-8)12(18)20-7-10-6-11(17)13(19,21-10)15-16-14/h2-5,10-11,17,19H,6-7H2,1H3/t10-,11+,13?/m0/s1. The molecule has 112 valence electrons. The molecule has 0 saturated carbocycles. The van der Waals surface area contributed by atoms with Crippen LogP contribution in [0.5, 0.6) is 0 Å². The first kappa shape index (κ1) is 15.3. The Morgan fingerprint density at radius 3 is 2.86 bits per heavy atom. The van der Waals surface area contributed by atoms with Crippen LogP contribution in [-0.4, -0.2) is 40.9 Å². The SMILES string of the molecule is Cc1ccc(C(=O)OC[C@@H]2C[C@@H](O)C(O)(N=[N+]=[N-])O2)cc1. The minimum absolute atomic E-state index is 0.00328. The fourth-order valence-electron chi connectivity index (χ4n) is 1.97. The maximum atomic E-state index is 11.8. The molecule has 2 rings (SSSR count). The number of carbonyl (C=O) groups excluding carboxylic acids is 1. The lowest BCUT2D eigenvalue weighted by Crippen LogP contribution is -2.36. The molecule has 1 unspecified atom stereocenters. The Labute approximate surface area is 120 Å². The molecule has 0 bridgehead atoms.